The number of pyridine rings is 1. The topological polar surface area (TPSA) is 121 Å². The highest BCUT2D eigenvalue weighted by Gasteiger charge is 2.31. The Morgan fingerprint density at radius 3 is 2.39 bits per heavy atom. The summed E-state index contributed by atoms with van der Waals surface area (Å²) in [6, 6.07) is 14.9. The molecule has 1 atom stereocenters. The van der Waals surface area contributed by atoms with Crippen molar-refractivity contribution in [3.8, 4) is 11.1 Å². The summed E-state index contributed by atoms with van der Waals surface area (Å²) in [6.07, 6.45) is -2.46. The first kappa shape index (κ1) is 24.1. The molecule has 4 aromatic rings. The Balaban J connectivity index is 1.22. The summed E-state index contributed by atoms with van der Waals surface area (Å²) in [5.74, 6) is 0.357. The summed E-state index contributed by atoms with van der Waals surface area (Å²) in [6.45, 7) is 0.819. The van der Waals surface area contributed by atoms with Crippen LogP contribution in [0.2, 0.25) is 0 Å². The molecule has 188 valence electrons. The van der Waals surface area contributed by atoms with Gasteiger partial charge in [0.25, 0.3) is 6.01 Å². The zero-order valence-corrected chi connectivity index (χ0v) is 19.8. The highest BCUT2D eigenvalue weighted by molar-refractivity contribution is 7.90. The Labute approximate surface area is 205 Å². The number of benzene rings is 2. The van der Waals surface area contributed by atoms with E-state index < -0.39 is 21.7 Å². The number of aromatic nitrogens is 2. The number of piperidine rings is 1. The van der Waals surface area contributed by atoms with E-state index in [2.05, 4.69) is 15.3 Å². The van der Waals surface area contributed by atoms with E-state index in [0.717, 1.165) is 23.4 Å². The number of halogens is 3. The summed E-state index contributed by atoms with van der Waals surface area (Å²) < 4.78 is 67.1. The maximum Gasteiger partial charge on any atom is 0.417 e. The molecule has 36 heavy (non-hydrogen) atoms. The number of anilines is 2. The molecule has 0 bridgehead atoms. The third-order valence-electron chi connectivity index (χ3n) is 6.17. The number of nitrogens with one attached hydrogen (secondary N) is 2. The lowest BCUT2D eigenvalue weighted by Gasteiger charge is -2.33. The molecule has 0 radical (unpaired) electrons. The van der Waals surface area contributed by atoms with Crippen LogP contribution < -0.4 is 11.1 Å². The maximum atomic E-state index is 13.4. The van der Waals surface area contributed by atoms with E-state index in [4.69, 9.17) is 14.9 Å². The van der Waals surface area contributed by atoms with Gasteiger partial charge in [0.05, 0.1) is 10.5 Å². The van der Waals surface area contributed by atoms with Crippen LogP contribution in [0, 0.1) is 4.78 Å². The van der Waals surface area contributed by atoms with E-state index in [9.17, 15) is 17.4 Å². The fraction of sp³-hybridized carbons (Fsp3) is 0.250. The Morgan fingerprint density at radius 1 is 1.06 bits per heavy atom. The molecule has 1 aliphatic rings. The molecule has 12 heteroatoms. The molecule has 0 spiro atoms. The third-order valence-corrected chi connectivity index (χ3v) is 8.18. The standard InChI is InChI=1S/C24H23F3N6O2S/c25-24(26,27)17-4-8-22(30-14-17)31-18-9-11-33(12-10-18)36(29,34)19-5-1-15(2-6-19)16-3-7-21-20(13-16)32-23(28)35-21/h1-8,13-14,18,29H,9-12H2,(H2,28,32)(H,30,31). The van der Waals surface area contributed by atoms with Crippen LogP contribution in [-0.2, 0) is 16.1 Å². The van der Waals surface area contributed by atoms with Gasteiger partial charge in [-0.2, -0.15) is 18.2 Å². The monoisotopic (exact) mass is 516 g/mol. The first-order valence-corrected chi connectivity index (χ1v) is 12.7. The number of rotatable bonds is 5. The summed E-state index contributed by atoms with van der Waals surface area (Å²) in [4.78, 5) is 8.40. The Morgan fingerprint density at radius 2 is 1.75 bits per heavy atom. The molecule has 4 N–H and O–H groups in total. The molecule has 1 aliphatic heterocycles. The van der Waals surface area contributed by atoms with Gasteiger partial charge < -0.3 is 15.5 Å². The van der Waals surface area contributed by atoms with Crippen molar-refractivity contribution < 1.29 is 21.8 Å². The second kappa shape index (κ2) is 9.10. The lowest BCUT2D eigenvalue weighted by Crippen LogP contribution is -2.42. The second-order valence-electron chi connectivity index (χ2n) is 8.56. The van der Waals surface area contributed by atoms with Gasteiger partial charge in [-0.25, -0.2) is 18.3 Å². The SMILES string of the molecule is N=S(=O)(c1ccc(-c2ccc3oc(N)nc3c2)cc1)N1CCC(Nc2ccc(C(F)(F)F)cn2)CC1. The van der Waals surface area contributed by atoms with Crippen LogP contribution in [0.5, 0.6) is 0 Å². The molecule has 3 heterocycles. The molecule has 2 aromatic heterocycles. The minimum absolute atomic E-state index is 0.0384. The van der Waals surface area contributed by atoms with Gasteiger partial charge in [-0.3, -0.25) is 0 Å². The summed E-state index contributed by atoms with van der Waals surface area (Å²) in [7, 11) is -3.19. The lowest BCUT2D eigenvalue weighted by molar-refractivity contribution is -0.137. The molecule has 8 nitrogen and oxygen atoms in total. The smallest absolute Gasteiger partial charge is 0.417 e. The number of hydrogen-bond acceptors (Lipinski definition) is 7. The van der Waals surface area contributed by atoms with Crippen LogP contribution in [0.15, 0.2) is 70.1 Å². The van der Waals surface area contributed by atoms with Crippen molar-refractivity contribution in [1.29, 1.82) is 4.78 Å². The highest BCUT2D eigenvalue weighted by Crippen LogP contribution is 2.30. The van der Waals surface area contributed by atoms with E-state index in [1.807, 2.05) is 24.3 Å². The molecular formula is C24H23F3N6O2S. The number of fused-ring (bicyclic) bond motifs is 1. The number of alkyl halides is 3. The Hall–Kier alpha value is -3.64. The van der Waals surface area contributed by atoms with Crippen molar-refractivity contribution in [1.82, 2.24) is 14.3 Å². The zero-order chi connectivity index (χ0) is 25.5. The average Bonchev–Trinajstić information content (AvgIpc) is 3.23. The van der Waals surface area contributed by atoms with Gasteiger partial charge >= 0.3 is 6.18 Å². The number of nitrogens with zero attached hydrogens (tertiary/aromatic N) is 3. The fourth-order valence-corrected chi connectivity index (χ4v) is 5.75. The van der Waals surface area contributed by atoms with Crippen LogP contribution in [0.4, 0.5) is 25.0 Å². The molecule has 0 saturated carbocycles. The number of hydrogen-bond donors (Lipinski definition) is 3. The minimum atomic E-state index is -4.43. The van der Waals surface area contributed by atoms with Gasteiger partial charge in [-0.05, 0) is 60.4 Å². The normalized spacial score (nSPS) is 17.2. The quantitative estimate of drug-likeness (QED) is 0.327. The van der Waals surface area contributed by atoms with E-state index in [0.29, 0.717) is 47.7 Å². The number of oxazole rings is 1. The molecule has 5 rings (SSSR count). The zero-order valence-electron chi connectivity index (χ0n) is 19.0. The van der Waals surface area contributed by atoms with Crippen LogP contribution in [0.3, 0.4) is 0 Å². The lowest BCUT2D eigenvalue weighted by atomic mass is 10.1. The molecule has 2 aromatic carbocycles. The summed E-state index contributed by atoms with van der Waals surface area (Å²) >= 11 is 0. The van der Waals surface area contributed by atoms with Gasteiger partial charge in [0.15, 0.2) is 5.58 Å². The average molecular weight is 517 g/mol. The fourth-order valence-electron chi connectivity index (χ4n) is 4.22. The van der Waals surface area contributed by atoms with Crippen LogP contribution >= 0.6 is 0 Å². The predicted octanol–water partition coefficient (Wildman–Crippen LogP) is 5.39. The van der Waals surface area contributed by atoms with Crippen molar-refractivity contribution in [2.75, 3.05) is 24.1 Å². The molecule has 1 unspecified atom stereocenters. The minimum Gasteiger partial charge on any atom is -0.424 e. The van der Waals surface area contributed by atoms with Crippen LogP contribution in [-0.4, -0.2) is 37.6 Å². The molecule has 0 aliphatic carbocycles. The van der Waals surface area contributed by atoms with E-state index in [1.54, 1.807) is 22.5 Å². The summed E-state index contributed by atoms with van der Waals surface area (Å²) in [5.41, 5.74) is 7.81. The molecule has 1 saturated heterocycles. The van der Waals surface area contributed by atoms with Gasteiger partial charge in [0.1, 0.15) is 21.2 Å². The van der Waals surface area contributed by atoms with Gasteiger partial charge in [-0.1, -0.05) is 18.2 Å². The van der Waals surface area contributed by atoms with E-state index in [-0.39, 0.29) is 12.1 Å². The second-order valence-corrected chi connectivity index (χ2v) is 10.6. The first-order chi connectivity index (χ1) is 17.1. The van der Waals surface area contributed by atoms with E-state index >= 15 is 0 Å². The van der Waals surface area contributed by atoms with Crippen molar-refractivity contribution in [3.05, 3.63) is 66.4 Å². The van der Waals surface area contributed by atoms with Crippen LogP contribution in [0.1, 0.15) is 18.4 Å². The largest absolute Gasteiger partial charge is 0.424 e. The van der Waals surface area contributed by atoms with Gasteiger partial charge in [-0.15, -0.1) is 0 Å². The van der Waals surface area contributed by atoms with Crippen molar-refractivity contribution >= 4 is 32.8 Å². The van der Waals surface area contributed by atoms with E-state index in [1.165, 1.54) is 6.07 Å². The van der Waals surface area contributed by atoms with Crippen molar-refractivity contribution in [2.45, 2.75) is 30.0 Å². The highest BCUT2D eigenvalue weighted by atomic mass is 32.2. The van der Waals surface area contributed by atoms with Gasteiger partial charge in [0.2, 0.25) is 0 Å². The number of nitrogens with two attached hydrogens (primary N) is 1. The number of nitrogen functional groups attached to an aromatic ring is 1. The Bertz CT molecular complexity index is 1480. The predicted molar refractivity (Wildman–Crippen MR) is 130 cm³/mol. The van der Waals surface area contributed by atoms with Crippen molar-refractivity contribution in [2.24, 2.45) is 0 Å². The third kappa shape index (κ3) is 4.86. The molecule has 0 amide bonds. The van der Waals surface area contributed by atoms with Crippen LogP contribution in [0.25, 0.3) is 22.2 Å². The maximum absolute atomic E-state index is 13.4. The van der Waals surface area contributed by atoms with Crippen molar-refractivity contribution in [3.63, 3.8) is 0 Å². The molecular weight excluding hydrogens is 493 g/mol. The summed E-state index contributed by atoms with van der Waals surface area (Å²) in [5, 5.41) is 3.13. The Kier molecular flexibility index (Phi) is 6.08. The van der Waals surface area contributed by atoms with Gasteiger partial charge in [0, 0.05) is 25.3 Å². The first-order valence-electron chi connectivity index (χ1n) is 11.2. The molecule has 1 fully saturated rings.